The van der Waals surface area contributed by atoms with Crippen LogP contribution in [0.15, 0.2) is 34.9 Å². The lowest BCUT2D eigenvalue weighted by atomic mass is 9.87. The fourth-order valence-corrected chi connectivity index (χ4v) is 5.64. The van der Waals surface area contributed by atoms with Gasteiger partial charge >= 0.3 is 0 Å². The molecule has 6 rings (SSSR count). The molecule has 0 spiro atoms. The molecule has 2 fully saturated rings. The summed E-state index contributed by atoms with van der Waals surface area (Å²) in [6.07, 6.45) is 6.69. The zero-order valence-electron chi connectivity index (χ0n) is 21.3. The number of fused-ring (bicyclic) bond motifs is 1. The van der Waals surface area contributed by atoms with Crippen LogP contribution < -0.4 is 0 Å². The van der Waals surface area contributed by atoms with Crippen LogP contribution in [0.2, 0.25) is 0 Å². The van der Waals surface area contributed by atoms with Gasteiger partial charge in [-0.3, -0.25) is 9.88 Å². The number of rotatable bonds is 6. The van der Waals surface area contributed by atoms with Crippen molar-refractivity contribution in [1.82, 2.24) is 25.1 Å². The molecule has 0 radical (unpaired) electrons. The normalized spacial score (nSPS) is 17.6. The third kappa shape index (κ3) is 4.40. The lowest BCUT2D eigenvalue weighted by molar-refractivity contribution is 0.186. The molecule has 0 amide bonds. The fourth-order valence-electron chi connectivity index (χ4n) is 5.64. The van der Waals surface area contributed by atoms with Gasteiger partial charge in [-0.05, 0) is 99.3 Å². The van der Waals surface area contributed by atoms with E-state index in [0.29, 0.717) is 17.8 Å². The van der Waals surface area contributed by atoms with Crippen molar-refractivity contribution in [3.05, 3.63) is 64.6 Å². The predicted octanol–water partition coefficient (Wildman–Crippen LogP) is 6.61. The Bertz CT molecular complexity index is 1350. The van der Waals surface area contributed by atoms with Gasteiger partial charge in [-0.2, -0.15) is 0 Å². The molecule has 4 heterocycles. The van der Waals surface area contributed by atoms with Gasteiger partial charge in [-0.25, -0.2) is 0 Å². The zero-order valence-corrected chi connectivity index (χ0v) is 21.3. The molecule has 1 aliphatic heterocycles. The first kappa shape index (κ1) is 22.5. The van der Waals surface area contributed by atoms with Crippen LogP contribution in [0.25, 0.3) is 22.2 Å². The number of H-pyrrole nitrogens is 1. The van der Waals surface area contributed by atoms with Crippen LogP contribution in [0.4, 0.5) is 0 Å². The summed E-state index contributed by atoms with van der Waals surface area (Å²) < 4.78 is 5.89. The van der Waals surface area contributed by atoms with E-state index in [-0.39, 0.29) is 0 Å². The summed E-state index contributed by atoms with van der Waals surface area (Å²) >= 11 is 0. The lowest BCUT2D eigenvalue weighted by Gasteiger charge is -2.31. The van der Waals surface area contributed by atoms with Gasteiger partial charge in [0.15, 0.2) is 0 Å². The number of aromatic amines is 1. The zero-order chi connectivity index (χ0) is 24.1. The number of hydrogen-bond donors (Lipinski definition) is 1. The Balaban J connectivity index is 1.22. The van der Waals surface area contributed by atoms with Crippen molar-refractivity contribution in [3.63, 3.8) is 0 Å². The van der Waals surface area contributed by atoms with E-state index >= 15 is 0 Å². The molecular weight excluding hydrogens is 434 g/mol. The number of nitrogens with one attached hydrogen (secondary N) is 1. The molecule has 1 saturated heterocycles. The second kappa shape index (κ2) is 8.90. The SMILES string of the molecule is Cc1cc(-c2[nH]c3ccc(C4CCN(Cc5nnc(C6CC6)o5)CC4)cc3c2C(C)C)c(C)cn1. The minimum absolute atomic E-state index is 0.429. The summed E-state index contributed by atoms with van der Waals surface area (Å²) in [7, 11) is 0. The maximum Gasteiger partial charge on any atom is 0.230 e. The van der Waals surface area contributed by atoms with E-state index in [4.69, 9.17) is 4.42 Å². The van der Waals surface area contributed by atoms with Gasteiger partial charge in [0.05, 0.1) is 12.2 Å². The van der Waals surface area contributed by atoms with Gasteiger partial charge in [-0.15, -0.1) is 10.2 Å². The van der Waals surface area contributed by atoms with Crippen LogP contribution in [-0.2, 0) is 6.54 Å². The highest BCUT2D eigenvalue weighted by Gasteiger charge is 2.30. The maximum absolute atomic E-state index is 5.89. The molecule has 0 bridgehead atoms. The Labute approximate surface area is 207 Å². The average Bonchev–Trinajstić information content (AvgIpc) is 3.47. The Kier molecular flexibility index (Phi) is 5.72. The topological polar surface area (TPSA) is 70.8 Å². The van der Waals surface area contributed by atoms with Gasteiger partial charge in [0.2, 0.25) is 11.8 Å². The van der Waals surface area contributed by atoms with Crippen molar-refractivity contribution in [3.8, 4) is 11.3 Å². The summed E-state index contributed by atoms with van der Waals surface area (Å²) in [6, 6.07) is 9.28. The van der Waals surface area contributed by atoms with E-state index in [1.807, 2.05) is 6.20 Å². The molecule has 182 valence electrons. The maximum atomic E-state index is 5.89. The summed E-state index contributed by atoms with van der Waals surface area (Å²) in [5.74, 6) is 3.15. The van der Waals surface area contributed by atoms with Crippen LogP contribution in [0, 0.1) is 13.8 Å². The second-order valence-corrected chi connectivity index (χ2v) is 10.9. The quantitative estimate of drug-likeness (QED) is 0.344. The van der Waals surface area contributed by atoms with E-state index in [1.54, 1.807) is 0 Å². The number of likely N-dealkylation sites (tertiary alicyclic amines) is 1. The first-order valence-electron chi connectivity index (χ1n) is 13.1. The molecule has 6 nitrogen and oxygen atoms in total. The molecule has 1 N–H and O–H groups in total. The first-order chi connectivity index (χ1) is 17.0. The molecule has 6 heteroatoms. The molecule has 0 unspecified atom stereocenters. The van der Waals surface area contributed by atoms with Gasteiger partial charge in [0.25, 0.3) is 0 Å². The minimum Gasteiger partial charge on any atom is -0.424 e. The highest BCUT2D eigenvalue weighted by molar-refractivity contribution is 5.92. The molecule has 3 aromatic heterocycles. The van der Waals surface area contributed by atoms with Crippen molar-refractivity contribution in [2.75, 3.05) is 13.1 Å². The van der Waals surface area contributed by atoms with Crippen molar-refractivity contribution < 1.29 is 4.42 Å². The first-order valence-corrected chi connectivity index (χ1v) is 13.1. The van der Waals surface area contributed by atoms with Crippen molar-refractivity contribution in [2.24, 2.45) is 0 Å². The highest BCUT2D eigenvalue weighted by Crippen LogP contribution is 2.40. The van der Waals surface area contributed by atoms with Crippen LogP contribution in [0.5, 0.6) is 0 Å². The number of pyridine rings is 1. The number of benzene rings is 1. The smallest absolute Gasteiger partial charge is 0.230 e. The second-order valence-electron chi connectivity index (χ2n) is 10.9. The standard InChI is InChI=1S/C29H35N5O/c1-17(2)27-24-14-22(7-8-25(24)31-28(27)23-13-19(4)30-15-18(23)3)20-9-11-34(12-10-20)16-26-32-33-29(35-26)21-5-6-21/h7-8,13-15,17,20-21,31H,5-6,9-12,16H2,1-4H3. The third-order valence-electron chi connectivity index (χ3n) is 7.78. The molecular formula is C29H35N5O. The molecule has 2 aliphatic rings. The summed E-state index contributed by atoms with van der Waals surface area (Å²) in [5, 5.41) is 9.89. The van der Waals surface area contributed by atoms with Gasteiger partial charge in [-0.1, -0.05) is 19.9 Å². The minimum atomic E-state index is 0.429. The summed E-state index contributed by atoms with van der Waals surface area (Å²) in [5.41, 5.74) is 8.87. The molecule has 1 saturated carbocycles. The van der Waals surface area contributed by atoms with E-state index < -0.39 is 0 Å². The molecule has 35 heavy (non-hydrogen) atoms. The number of nitrogens with zero attached hydrogens (tertiary/aromatic N) is 4. The molecule has 0 atom stereocenters. The Hall–Kier alpha value is -2.99. The Morgan fingerprint density at radius 3 is 2.57 bits per heavy atom. The summed E-state index contributed by atoms with van der Waals surface area (Å²) in [4.78, 5) is 10.7. The molecule has 4 aromatic rings. The van der Waals surface area contributed by atoms with E-state index in [0.717, 1.165) is 50.0 Å². The highest BCUT2D eigenvalue weighted by atomic mass is 16.4. The number of hydrogen-bond acceptors (Lipinski definition) is 5. The van der Waals surface area contributed by atoms with Crippen LogP contribution >= 0.6 is 0 Å². The largest absolute Gasteiger partial charge is 0.424 e. The molecule has 1 aromatic carbocycles. The van der Waals surface area contributed by atoms with Gasteiger partial charge < -0.3 is 9.40 Å². The van der Waals surface area contributed by atoms with Crippen LogP contribution in [0.1, 0.15) is 91.5 Å². The Morgan fingerprint density at radius 2 is 1.83 bits per heavy atom. The van der Waals surface area contributed by atoms with Crippen LogP contribution in [0.3, 0.4) is 0 Å². The average molecular weight is 470 g/mol. The van der Waals surface area contributed by atoms with Gasteiger partial charge in [0, 0.05) is 34.3 Å². The van der Waals surface area contributed by atoms with Crippen LogP contribution in [-0.4, -0.2) is 38.2 Å². The number of aryl methyl sites for hydroxylation is 2. The third-order valence-corrected chi connectivity index (χ3v) is 7.78. The number of piperidine rings is 1. The molecule has 1 aliphatic carbocycles. The van der Waals surface area contributed by atoms with Gasteiger partial charge in [0.1, 0.15) is 0 Å². The summed E-state index contributed by atoms with van der Waals surface area (Å²) in [6.45, 7) is 11.7. The van der Waals surface area contributed by atoms with E-state index in [1.165, 1.54) is 51.7 Å². The van der Waals surface area contributed by atoms with E-state index in [9.17, 15) is 0 Å². The number of aromatic nitrogens is 4. The Morgan fingerprint density at radius 1 is 1.03 bits per heavy atom. The predicted molar refractivity (Wildman–Crippen MR) is 139 cm³/mol. The van der Waals surface area contributed by atoms with Crippen molar-refractivity contribution >= 4 is 10.9 Å². The monoisotopic (exact) mass is 469 g/mol. The van der Waals surface area contributed by atoms with E-state index in [2.05, 4.69) is 77.0 Å². The van der Waals surface area contributed by atoms with Crippen molar-refractivity contribution in [1.29, 1.82) is 0 Å². The lowest BCUT2D eigenvalue weighted by Crippen LogP contribution is -2.32. The fraction of sp³-hybridized carbons (Fsp3) is 0.483. The van der Waals surface area contributed by atoms with Crippen molar-refractivity contribution in [2.45, 2.75) is 77.7 Å².